The summed E-state index contributed by atoms with van der Waals surface area (Å²) in [5, 5.41) is 0. The molecule has 1 atom stereocenters. The third-order valence-electron chi connectivity index (χ3n) is 5.52. The predicted octanol–water partition coefficient (Wildman–Crippen LogP) is 3.12. The molecule has 138 valence electrons. The highest BCUT2D eigenvalue weighted by molar-refractivity contribution is 7.89. The van der Waals surface area contributed by atoms with E-state index >= 15 is 0 Å². The molecule has 25 heavy (non-hydrogen) atoms. The summed E-state index contributed by atoms with van der Waals surface area (Å²) >= 11 is 0. The summed E-state index contributed by atoms with van der Waals surface area (Å²) in [7, 11) is -1.72. The number of rotatable bonds is 5. The number of amides is 1. The minimum Gasteiger partial charge on any atom is -0.339 e. The van der Waals surface area contributed by atoms with Gasteiger partial charge in [0.25, 0.3) is 5.91 Å². The van der Waals surface area contributed by atoms with Gasteiger partial charge in [0.15, 0.2) is 0 Å². The maximum Gasteiger partial charge on any atom is 0.253 e. The van der Waals surface area contributed by atoms with E-state index in [9.17, 15) is 13.2 Å². The molecule has 1 saturated heterocycles. The Bertz CT molecular complexity index is 720. The van der Waals surface area contributed by atoms with E-state index < -0.39 is 10.0 Å². The van der Waals surface area contributed by atoms with Crippen LogP contribution < -0.4 is 0 Å². The molecule has 1 saturated carbocycles. The lowest BCUT2D eigenvalue weighted by Gasteiger charge is -2.25. The van der Waals surface area contributed by atoms with E-state index in [0.717, 1.165) is 25.7 Å². The Morgan fingerprint density at radius 3 is 2.40 bits per heavy atom. The average molecular weight is 365 g/mol. The standard InChI is InChI=1S/C19H28N2O3S/c1-15(16-10-11-16)20(2)19(22)17-8-7-9-18(14-17)25(23,24)21-12-5-3-4-6-13-21/h7-9,14-16H,3-6,10-13H2,1-2H3/t15-/m0/s1. The van der Waals surface area contributed by atoms with Crippen LogP contribution in [0.1, 0.15) is 55.8 Å². The summed E-state index contributed by atoms with van der Waals surface area (Å²) in [6.07, 6.45) is 6.30. The fourth-order valence-corrected chi connectivity index (χ4v) is 5.07. The summed E-state index contributed by atoms with van der Waals surface area (Å²) in [5.41, 5.74) is 0.450. The lowest BCUT2D eigenvalue weighted by atomic mass is 10.1. The fraction of sp³-hybridized carbons (Fsp3) is 0.632. The van der Waals surface area contributed by atoms with Crippen molar-refractivity contribution >= 4 is 15.9 Å². The first-order chi connectivity index (χ1) is 11.9. The first kappa shape index (κ1) is 18.4. The molecule has 0 unspecified atom stereocenters. The van der Waals surface area contributed by atoms with Crippen molar-refractivity contribution in [2.75, 3.05) is 20.1 Å². The molecule has 0 radical (unpaired) electrons. The Kier molecular flexibility index (Phi) is 5.49. The van der Waals surface area contributed by atoms with Crippen LogP contribution in [0.15, 0.2) is 29.2 Å². The van der Waals surface area contributed by atoms with E-state index in [2.05, 4.69) is 6.92 Å². The fourth-order valence-electron chi connectivity index (χ4n) is 3.50. The van der Waals surface area contributed by atoms with E-state index in [-0.39, 0.29) is 16.8 Å². The molecule has 6 heteroatoms. The highest BCUT2D eigenvalue weighted by Crippen LogP contribution is 2.35. The number of nitrogens with zero attached hydrogens (tertiary/aromatic N) is 2. The van der Waals surface area contributed by atoms with Crippen LogP contribution in [0.3, 0.4) is 0 Å². The van der Waals surface area contributed by atoms with Gasteiger partial charge in [-0.1, -0.05) is 18.9 Å². The molecule has 1 aliphatic carbocycles. The molecule has 0 aromatic heterocycles. The molecular weight excluding hydrogens is 336 g/mol. The van der Waals surface area contributed by atoms with Crippen molar-refractivity contribution in [1.29, 1.82) is 0 Å². The van der Waals surface area contributed by atoms with Crippen molar-refractivity contribution in [3.8, 4) is 0 Å². The number of benzene rings is 1. The second-order valence-electron chi connectivity index (χ2n) is 7.34. The molecule has 0 spiro atoms. The quantitative estimate of drug-likeness (QED) is 0.806. The number of hydrogen-bond acceptors (Lipinski definition) is 3. The van der Waals surface area contributed by atoms with Gasteiger partial charge in [0.05, 0.1) is 4.90 Å². The number of carbonyl (C=O) groups excluding carboxylic acids is 1. The van der Waals surface area contributed by atoms with E-state index in [1.165, 1.54) is 12.8 Å². The second kappa shape index (κ2) is 7.46. The van der Waals surface area contributed by atoms with Gasteiger partial charge in [-0.05, 0) is 56.7 Å². The molecule has 0 bridgehead atoms. The summed E-state index contributed by atoms with van der Waals surface area (Å²) in [5.74, 6) is 0.477. The molecule has 1 amide bonds. The predicted molar refractivity (Wildman–Crippen MR) is 97.9 cm³/mol. The van der Waals surface area contributed by atoms with Crippen molar-refractivity contribution in [2.24, 2.45) is 5.92 Å². The molecule has 1 heterocycles. The summed E-state index contributed by atoms with van der Waals surface area (Å²) in [6, 6.07) is 6.71. The third-order valence-corrected chi connectivity index (χ3v) is 7.41. The Morgan fingerprint density at radius 2 is 1.80 bits per heavy atom. The summed E-state index contributed by atoms with van der Waals surface area (Å²) in [6.45, 7) is 3.20. The van der Waals surface area contributed by atoms with E-state index in [1.807, 2.05) is 0 Å². The SMILES string of the molecule is C[C@@H](C1CC1)N(C)C(=O)c1cccc(S(=O)(=O)N2CCCCCC2)c1. The summed E-state index contributed by atoms with van der Waals surface area (Å²) in [4.78, 5) is 14.7. The van der Waals surface area contributed by atoms with Crippen LogP contribution in [0.2, 0.25) is 0 Å². The van der Waals surface area contributed by atoms with Gasteiger partial charge in [-0.3, -0.25) is 4.79 Å². The van der Waals surface area contributed by atoms with Crippen LogP contribution in [-0.4, -0.2) is 49.7 Å². The Hall–Kier alpha value is -1.40. The molecular formula is C19H28N2O3S. The molecule has 3 rings (SSSR count). The highest BCUT2D eigenvalue weighted by atomic mass is 32.2. The largest absolute Gasteiger partial charge is 0.339 e. The molecule has 1 aromatic carbocycles. The number of carbonyl (C=O) groups is 1. The third kappa shape index (κ3) is 4.06. The lowest BCUT2D eigenvalue weighted by Crippen LogP contribution is -2.36. The van der Waals surface area contributed by atoms with Crippen LogP contribution in [0.4, 0.5) is 0 Å². The first-order valence-electron chi connectivity index (χ1n) is 9.28. The monoisotopic (exact) mass is 364 g/mol. The zero-order valence-corrected chi connectivity index (χ0v) is 16.0. The van der Waals surface area contributed by atoms with Crippen LogP contribution in [0.5, 0.6) is 0 Å². The van der Waals surface area contributed by atoms with E-state index in [4.69, 9.17) is 0 Å². The number of hydrogen-bond donors (Lipinski definition) is 0. The van der Waals surface area contributed by atoms with Gasteiger partial charge in [-0.15, -0.1) is 0 Å². The van der Waals surface area contributed by atoms with Gasteiger partial charge in [0.2, 0.25) is 10.0 Å². The van der Waals surface area contributed by atoms with Crippen molar-refractivity contribution in [1.82, 2.24) is 9.21 Å². The molecule has 0 N–H and O–H groups in total. The van der Waals surface area contributed by atoms with Crippen LogP contribution in [0, 0.1) is 5.92 Å². The van der Waals surface area contributed by atoms with Crippen LogP contribution >= 0.6 is 0 Å². The van der Waals surface area contributed by atoms with E-state index in [0.29, 0.717) is 24.6 Å². The average Bonchev–Trinajstić information content (AvgIpc) is 3.46. The Morgan fingerprint density at radius 1 is 1.16 bits per heavy atom. The number of sulfonamides is 1. The highest BCUT2D eigenvalue weighted by Gasteiger charge is 2.33. The van der Waals surface area contributed by atoms with Gasteiger partial charge >= 0.3 is 0 Å². The molecule has 1 aromatic rings. The van der Waals surface area contributed by atoms with Crippen molar-refractivity contribution in [3.63, 3.8) is 0 Å². The molecule has 2 fully saturated rings. The van der Waals surface area contributed by atoms with Gasteiger partial charge < -0.3 is 4.90 Å². The van der Waals surface area contributed by atoms with Crippen molar-refractivity contribution < 1.29 is 13.2 Å². The Balaban J connectivity index is 1.81. The van der Waals surface area contributed by atoms with Gasteiger partial charge in [0, 0.05) is 31.7 Å². The molecule has 2 aliphatic rings. The Labute approximate surface area is 151 Å². The van der Waals surface area contributed by atoms with Crippen molar-refractivity contribution in [3.05, 3.63) is 29.8 Å². The van der Waals surface area contributed by atoms with Crippen LogP contribution in [0.25, 0.3) is 0 Å². The second-order valence-corrected chi connectivity index (χ2v) is 9.28. The van der Waals surface area contributed by atoms with E-state index in [1.54, 1.807) is 40.5 Å². The zero-order chi connectivity index (χ0) is 18.0. The zero-order valence-electron chi connectivity index (χ0n) is 15.1. The minimum absolute atomic E-state index is 0.104. The first-order valence-corrected chi connectivity index (χ1v) is 10.7. The minimum atomic E-state index is -3.53. The topological polar surface area (TPSA) is 57.7 Å². The van der Waals surface area contributed by atoms with Gasteiger partial charge in [-0.2, -0.15) is 4.31 Å². The smallest absolute Gasteiger partial charge is 0.253 e. The van der Waals surface area contributed by atoms with Crippen LogP contribution in [-0.2, 0) is 10.0 Å². The molecule has 1 aliphatic heterocycles. The maximum absolute atomic E-state index is 12.9. The maximum atomic E-state index is 12.9. The van der Waals surface area contributed by atoms with Gasteiger partial charge in [-0.25, -0.2) is 8.42 Å². The lowest BCUT2D eigenvalue weighted by molar-refractivity contribution is 0.0727. The normalized spacial score (nSPS) is 20.7. The van der Waals surface area contributed by atoms with Crippen molar-refractivity contribution in [2.45, 2.75) is 56.4 Å². The summed E-state index contributed by atoms with van der Waals surface area (Å²) < 4.78 is 27.4. The molecule has 5 nitrogen and oxygen atoms in total. The van der Waals surface area contributed by atoms with Gasteiger partial charge in [0.1, 0.15) is 0 Å².